The molecule has 0 aliphatic carbocycles. The summed E-state index contributed by atoms with van der Waals surface area (Å²) in [6, 6.07) is -0.926. The van der Waals surface area contributed by atoms with E-state index in [1.54, 1.807) is 27.7 Å². The van der Waals surface area contributed by atoms with Crippen molar-refractivity contribution in [2.24, 2.45) is 0 Å². The zero-order valence-corrected chi connectivity index (χ0v) is 13.3. The first-order chi connectivity index (χ1) is 9.73. The number of hydrogen-bond donors (Lipinski definition) is 1. The molecule has 0 aromatic heterocycles. The third kappa shape index (κ3) is 6.31. The van der Waals surface area contributed by atoms with Gasteiger partial charge in [-0.2, -0.15) is 0 Å². The number of rotatable bonds is 5. The average molecular weight is 303 g/mol. The highest BCUT2D eigenvalue weighted by Gasteiger charge is 2.32. The standard InChI is InChI=1S/C14H25NO6/c1-9(18-5)11(15-13(17)21-14(2,3)4)12(16)20-10-6-7-19-8-10/h9-11H,6-8H2,1-5H3,(H,15,17)/t9-,10+,11-/m0/s1. The van der Waals surface area contributed by atoms with Gasteiger partial charge in [0, 0.05) is 13.5 Å². The van der Waals surface area contributed by atoms with Gasteiger partial charge in [0.15, 0.2) is 6.04 Å². The summed E-state index contributed by atoms with van der Waals surface area (Å²) in [5.41, 5.74) is -0.645. The lowest BCUT2D eigenvalue weighted by molar-refractivity contribution is -0.155. The molecule has 21 heavy (non-hydrogen) atoms. The van der Waals surface area contributed by atoms with Gasteiger partial charge in [0.05, 0.1) is 19.3 Å². The van der Waals surface area contributed by atoms with Gasteiger partial charge in [-0.25, -0.2) is 9.59 Å². The Balaban J connectivity index is 2.61. The van der Waals surface area contributed by atoms with Gasteiger partial charge in [-0.15, -0.1) is 0 Å². The second-order valence-corrected chi connectivity index (χ2v) is 5.99. The number of carbonyl (C=O) groups excluding carboxylic acids is 2. The average Bonchev–Trinajstić information content (AvgIpc) is 2.85. The highest BCUT2D eigenvalue weighted by Crippen LogP contribution is 2.12. The molecule has 1 fully saturated rings. The predicted octanol–water partition coefficient (Wildman–Crippen LogP) is 1.25. The summed E-state index contributed by atoms with van der Waals surface area (Å²) in [5, 5.41) is 2.50. The number of ether oxygens (including phenoxy) is 4. The van der Waals surface area contributed by atoms with Crippen LogP contribution in [0.15, 0.2) is 0 Å². The summed E-state index contributed by atoms with van der Waals surface area (Å²) in [6.07, 6.45) is -0.834. The fraction of sp³-hybridized carbons (Fsp3) is 0.857. The van der Waals surface area contributed by atoms with Crippen molar-refractivity contribution in [2.45, 2.75) is 58.0 Å². The Bertz CT molecular complexity index is 359. The number of carbonyl (C=O) groups is 2. The van der Waals surface area contributed by atoms with Gasteiger partial charge in [0.1, 0.15) is 11.7 Å². The normalized spacial score (nSPS) is 21.5. The van der Waals surface area contributed by atoms with Gasteiger partial charge in [-0.1, -0.05) is 0 Å². The van der Waals surface area contributed by atoms with Crippen molar-refractivity contribution in [1.29, 1.82) is 0 Å². The summed E-state index contributed by atoms with van der Waals surface area (Å²) < 4.78 is 20.7. The minimum Gasteiger partial charge on any atom is -0.458 e. The molecule has 1 saturated heterocycles. The van der Waals surface area contributed by atoms with E-state index in [9.17, 15) is 9.59 Å². The van der Waals surface area contributed by atoms with Crippen molar-refractivity contribution in [1.82, 2.24) is 5.32 Å². The molecule has 0 spiro atoms. The number of alkyl carbamates (subject to hydrolysis) is 1. The van der Waals surface area contributed by atoms with Crippen LogP contribution < -0.4 is 5.32 Å². The van der Waals surface area contributed by atoms with Crippen molar-refractivity contribution in [2.75, 3.05) is 20.3 Å². The summed E-state index contributed by atoms with van der Waals surface area (Å²) in [6.45, 7) is 7.86. The van der Waals surface area contributed by atoms with Crippen LogP contribution in [0.1, 0.15) is 34.1 Å². The van der Waals surface area contributed by atoms with Crippen LogP contribution in [0.4, 0.5) is 4.79 Å². The topological polar surface area (TPSA) is 83.1 Å². The predicted molar refractivity (Wildman–Crippen MR) is 74.9 cm³/mol. The van der Waals surface area contributed by atoms with Crippen LogP contribution in [-0.2, 0) is 23.7 Å². The van der Waals surface area contributed by atoms with Crippen molar-refractivity contribution in [3.05, 3.63) is 0 Å². The number of hydrogen-bond acceptors (Lipinski definition) is 6. The van der Waals surface area contributed by atoms with E-state index in [0.29, 0.717) is 19.6 Å². The number of amides is 1. The van der Waals surface area contributed by atoms with Gasteiger partial charge in [0.2, 0.25) is 0 Å². The molecule has 122 valence electrons. The minimum absolute atomic E-state index is 0.274. The molecule has 1 aliphatic heterocycles. The van der Waals surface area contributed by atoms with Crippen LogP contribution in [0.25, 0.3) is 0 Å². The highest BCUT2D eigenvalue weighted by atomic mass is 16.6. The largest absolute Gasteiger partial charge is 0.458 e. The van der Waals surface area contributed by atoms with Crippen LogP contribution in [0, 0.1) is 0 Å². The van der Waals surface area contributed by atoms with Gasteiger partial charge < -0.3 is 24.3 Å². The second kappa shape index (κ2) is 7.61. The zero-order valence-electron chi connectivity index (χ0n) is 13.3. The summed E-state index contributed by atoms with van der Waals surface area (Å²) >= 11 is 0. The highest BCUT2D eigenvalue weighted by molar-refractivity contribution is 5.82. The molecule has 0 saturated carbocycles. The molecular weight excluding hydrogens is 278 g/mol. The smallest absolute Gasteiger partial charge is 0.408 e. The Hall–Kier alpha value is -1.34. The van der Waals surface area contributed by atoms with E-state index in [1.165, 1.54) is 7.11 Å². The molecule has 7 nitrogen and oxygen atoms in total. The zero-order chi connectivity index (χ0) is 16.0. The number of methoxy groups -OCH3 is 1. The first-order valence-corrected chi connectivity index (χ1v) is 7.03. The van der Waals surface area contributed by atoms with Crippen molar-refractivity contribution in [3.8, 4) is 0 Å². The van der Waals surface area contributed by atoms with Gasteiger partial charge in [-0.05, 0) is 27.7 Å². The van der Waals surface area contributed by atoms with Crippen LogP contribution in [0.3, 0.4) is 0 Å². The molecule has 1 aliphatic rings. The lowest BCUT2D eigenvalue weighted by atomic mass is 10.2. The lowest BCUT2D eigenvalue weighted by Gasteiger charge is -2.26. The molecule has 0 aromatic carbocycles. The van der Waals surface area contributed by atoms with Gasteiger partial charge >= 0.3 is 12.1 Å². The van der Waals surface area contributed by atoms with E-state index < -0.39 is 29.8 Å². The Morgan fingerprint density at radius 3 is 2.48 bits per heavy atom. The van der Waals surface area contributed by atoms with Crippen LogP contribution in [0.5, 0.6) is 0 Å². The number of esters is 1. The minimum atomic E-state index is -0.926. The maximum Gasteiger partial charge on any atom is 0.408 e. The van der Waals surface area contributed by atoms with E-state index in [-0.39, 0.29) is 6.10 Å². The molecule has 0 unspecified atom stereocenters. The SMILES string of the molecule is CO[C@@H](C)[C@H](NC(=O)OC(C)(C)C)C(=O)O[C@@H]1CCOC1. The summed E-state index contributed by atoms with van der Waals surface area (Å²) in [4.78, 5) is 24.0. The van der Waals surface area contributed by atoms with Gasteiger partial charge in [0.25, 0.3) is 0 Å². The Labute approximate surface area is 125 Å². The Morgan fingerprint density at radius 2 is 2.00 bits per heavy atom. The molecule has 3 atom stereocenters. The molecular formula is C14H25NO6. The summed E-state index contributed by atoms with van der Waals surface area (Å²) in [7, 11) is 1.46. The molecule has 1 heterocycles. The molecule has 0 bridgehead atoms. The van der Waals surface area contributed by atoms with Crippen molar-refractivity contribution in [3.63, 3.8) is 0 Å². The quantitative estimate of drug-likeness (QED) is 0.770. The molecule has 1 amide bonds. The number of nitrogens with one attached hydrogen (secondary N) is 1. The fourth-order valence-corrected chi connectivity index (χ4v) is 1.78. The second-order valence-electron chi connectivity index (χ2n) is 5.99. The Kier molecular flexibility index (Phi) is 6.42. The first-order valence-electron chi connectivity index (χ1n) is 7.03. The van der Waals surface area contributed by atoms with E-state index in [2.05, 4.69) is 5.32 Å². The maximum atomic E-state index is 12.2. The van der Waals surface area contributed by atoms with E-state index in [4.69, 9.17) is 18.9 Å². The molecule has 0 aromatic rings. The third-order valence-corrected chi connectivity index (χ3v) is 2.94. The van der Waals surface area contributed by atoms with E-state index in [0.717, 1.165) is 0 Å². The van der Waals surface area contributed by atoms with E-state index >= 15 is 0 Å². The monoisotopic (exact) mass is 303 g/mol. The Morgan fingerprint density at radius 1 is 1.33 bits per heavy atom. The summed E-state index contributed by atoms with van der Waals surface area (Å²) in [5.74, 6) is -0.550. The van der Waals surface area contributed by atoms with Crippen molar-refractivity contribution < 1.29 is 28.5 Å². The third-order valence-electron chi connectivity index (χ3n) is 2.94. The fourth-order valence-electron chi connectivity index (χ4n) is 1.78. The molecule has 1 rings (SSSR count). The van der Waals surface area contributed by atoms with Crippen LogP contribution in [0.2, 0.25) is 0 Å². The molecule has 7 heteroatoms. The molecule has 0 radical (unpaired) electrons. The van der Waals surface area contributed by atoms with Crippen LogP contribution >= 0.6 is 0 Å². The maximum absolute atomic E-state index is 12.2. The van der Waals surface area contributed by atoms with Crippen LogP contribution in [-0.4, -0.2) is 56.2 Å². The lowest BCUT2D eigenvalue weighted by Crippen LogP contribution is -2.51. The van der Waals surface area contributed by atoms with E-state index in [1.807, 2.05) is 0 Å². The molecule has 1 N–H and O–H groups in total. The van der Waals surface area contributed by atoms with Crippen molar-refractivity contribution >= 4 is 12.1 Å². The van der Waals surface area contributed by atoms with Gasteiger partial charge in [-0.3, -0.25) is 0 Å². The first kappa shape index (κ1) is 17.7.